The topological polar surface area (TPSA) is 80.2 Å². The van der Waals surface area contributed by atoms with Gasteiger partial charge in [0, 0.05) is 24.8 Å². The maximum Gasteiger partial charge on any atom is 0.263 e. The molecule has 1 saturated heterocycles. The van der Waals surface area contributed by atoms with Crippen LogP contribution in [0.5, 0.6) is 0 Å². The number of ether oxygens (including phenoxy) is 1. The molecule has 2 aromatic heterocycles. The van der Waals surface area contributed by atoms with Gasteiger partial charge in [-0.15, -0.1) is 11.3 Å². The lowest BCUT2D eigenvalue weighted by Crippen LogP contribution is -2.37. The Morgan fingerprint density at radius 1 is 1.35 bits per heavy atom. The average molecular weight is 333 g/mol. The van der Waals surface area contributed by atoms with Crippen molar-refractivity contribution in [3.05, 3.63) is 33.7 Å². The second kappa shape index (κ2) is 7.01. The first-order valence-corrected chi connectivity index (χ1v) is 8.37. The molecule has 0 aliphatic carbocycles. The molecule has 1 aliphatic heterocycles. The number of morpholine rings is 1. The fourth-order valence-electron chi connectivity index (χ4n) is 2.41. The third kappa shape index (κ3) is 3.83. The van der Waals surface area contributed by atoms with Crippen LogP contribution >= 0.6 is 11.3 Å². The summed E-state index contributed by atoms with van der Waals surface area (Å²) >= 11 is 1.34. The molecular formula is C15H19N5O2S. The van der Waals surface area contributed by atoms with Crippen molar-refractivity contribution in [3.63, 3.8) is 0 Å². The van der Waals surface area contributed by atoms with Crippen molar-refractivity contribution in [3.8, 4) is 0 Å². The fraction of sp³-hybridized carbons (Fsp3) is 0.467. The van der Waals surface area contributed by atoms with Crippen molar-refractivity contribution in [1.82, 2.24) is 20.3 Å². The van der Waals surface area contributed by atoms with Crippen LogP contribution in [0.1, 0.15) is 26.9 Å². The lowest BCUT2D eigenvalue weighted by Gasteiger charge is -2.28. The second-order valence-electron chi connectivity index (χ2n) is 5.33. The number of thiazole rings is 1. The predicted molar refractivity (Wildman–Crippen MR) is 87.8 cm³/mol. The van der Waals surface area contributed by atoms with E-state index in [1.807, 2.05) is 19.9 Å². The minimum absolute atomic E-state index is 0.136. The van der Waals surface area contributed by atoms with E-state index in [4.69, 9.17) is 4.74 Å². The molecule has 0 radical (unpaired) electrons. The highest BCUT2D eigenvalue weighted by atomic mass is 32.1. The van der Waals surface area contributed by atoms with Crippen molar-refractivity contribution < 1.29 is 9.53 Å². The third-order valence-electron chi connectivity index (χ3n) is 3.58. The Kier molecular flexibility index (Phi) is 4.82. The SMILES string of the molecule is Cc1cc(N2CCOCC2)nc(CNC(=O)c2scnc2C)n1. The molecule has 1 fully saturated rings. The Labute approximate surface area is 138 Å². The molecule has 0 bridgehead atoms. The number of hydrogen-bond donors (Lipinski definition) is 1. The quantitative estimate of drug-likeness (QED) is 0.909. The summed E-state index contributed by atoms with van der Waals surface area (Å²) in [5.41, 5.74) is 3.30. The normalized spacial score (nSPS) is 14.8. The molecule has 7 nitrogen and oxygen atoms in total. The maximum absolute atomic E-state index is 12.1. The van der Waals surface area contributed by atoms with Gasteiger partial charge in [-0.3, -0.25) is 4.79 Å². The molecule has 0 spiro atoms. The highest BCUT2D eigenvalue weighted by molar-refractivity contribution is 7.11. The van der Waals surface area contributed by atoms with E-state index in [-0.39, 0.29) is 5.91 Å². The first kappa shape index (κ1) is 15.8. The van der Waals surface area contributed by atoms with Gasteiger partial charge in [0.2, 0.25) is 0 Å². The smallest absolute Gasteiger partial charge is 0.263 e. The molecule has 0 atom stereocenters. The van der Waals surface area contributed by atoms with Gasteiger partial charge < -0.3 is 15.0 Å². The van der Waals surface area contributed by atoms with Gasteiger partial charge in [0.05, 0.1) is 31.0 Å². The zero-order valence-electron chi connectivity index (χ0n) is 13.2. The van der Waals surface area contributed by atoms with E-state index in [1.54, 1.807) is 5.51 Å². The van der Waals surface area contributed by atoms with Crippen LogP contribution in [-0.4, -0.2) is 47.2 Å². The van der Waals surface area contributed by atoms with Gasteiger partial charge in [-0.05, 0) is 13.8 Å². The highest BCUT2D eigenvalue weighted by Crippen LogP contribution is 2.15. The van der Waals surface area contributed by atoms with Crippen molar-refractivity contribution in [2.75, 3.05) is 31.2 Å². The Hall–Kier alpha value is -2.06. The predicted octanol–water partition coefficient (Wildman–Crippen LogP) is 1.32. The molecule has 23 heavy (non-hydrogen) atoms. The number of aromatic nitrogens is 3. The van der Waals surface area contributed by atoms with E-state index in [2.05, 4.69) is 25.2 Å². The van der Waals surface area contributed by atoms with Crippen molar-refractivity contribution >= 4 is 23.1 Å². The Balaban J connectivity index is 1.69. The fourth-order valence-corrected chi connectivity index (χ4v) is 3.12. The summed E-state index contributed by atoms with van der Waals surface area (Å²) in [4.78, 5) is 28.0. The van der Waals surface area contributed by atoms with E-state index in [0.717, 1.165) is 30.3 Å². The van der Waals surface area contributed by atoms with Crippen LogP contribution < -0.4 is 10.2 Å². The molecule has 1 amide bonds. The van der Waals surface area contributed by atoms with Crippen LogP contribution in [0.3, 0.4) is 0 Å². The van der Waals surface area contributed by atoms with Gasteiger partial charge in [-0.2, -0.15) is 0 Å². The number of nitrogens with zero attached hydrogens (tertiary/aromatic N) is 4. The molecule has 1 aliphatic rings. The van der Waals surface area contributed by atoms with Gasteiger partial charge in [-0.1, -0.05) is 0 Å². The first-order valence-electron chi connectivity index (χ1n) is 7.49. The minimum atomic E-state index is -0.136. The molecule has 3 heterocycles. The second-order valence-corrected chi connectivity index (χ2v) is 6.19. The van der Waals surface area contributed by atoms with E-state index in [1.165, 1.54) is 11.3 Å². The van der Waals surface area contributed by atoms with Crippen molar-refractivity contribution in [2.24, 2.45) is 0 Å². The molecule has 0 saturated carbocycles. The zero-order chi connectivity index (χ0) is 16.2. The van der Waals surface area contributed by atoms with Crippen LogP contribution in [0.25, 0.3) is 0 Å². The van der Waals surface area contributed by atoms with Crippen LogP contribution in [0, 0.1) is 13.8 Å². The Bertz CT molecular complexity index is 697. The molecular weight excluding hydrogens is 314 g/mol. The molecule has 2 aromatic rings. The zero-order valence-corrected chi connectivity index (χ0v) is 14.0. The average Bonchev–Trinajstić information content (AvgIpc) is 2.99. The van der Waals surface area contributed by atoms with Gasteiger partial charge in [0.15, 0.2) is 0 Å². The number of amides is 1. The number of hydrogen-bond acceptors (Lipinski definition) is 7. The lowest BCUT2D eigenvalue weighted by atomic mass is 10.3. The van der Waals surface area contributed by atoms with E-state index in [9.17, 15) is 4.79 Å². The lowest BCUT2D eigenvalue weighted by molar-refractivity contribution is 0.0953. The Morgan fingerprint density at radius 3 is 2.83 bits per heavy atom. The summed E-state index contributed by atoms with van der Waals surface area (Å²) in [6, 6.07) is 1.96. The van der Waals surface area contributed by atoms with Crippen LogP contribution in [0.2, 0.25) is 0 Å². The standard InChI is InChI=1S/C15H19N5O2S/c1-10-7-13(20-3-5-22-6-4-20)19-12(18-10)8-16-15(21)14-11(2)17-9-23-14/h7,9H,3-6,8H2,1-2H3,(H,16,21). The number of nitrogens with one attached hydrogen (secondary N) is 1. The Morgan fingerprint density at radius 2 is 2.13 bits per heavy atom. The van der Waals surface area contributed by atoms with E-state index < -0.39 is 0 Å². The summed E-state index contributed by atoms with van der Waals surface area (Å²) in [5.74, 6) is 1.36. The molecule has 3 rings (SSSR count). The van der Waals surface area contributed by atoms with Crippen LogP contribution in [0.15, 0.2) is 11.6 Å². The first-order chi connectivity index (χ1) is 11.1. The number of carbonyl (C=O) groups is 1. The van der Waals surface area contributed by atoms with Gasteiger partial charge >= 0.3 is 0 Å². The number of aryl methyl sites for hydroxylation is 2. The molecule has 8 heteroatoms. The third-order valence-corrected chi connectivity index (χ3v) is 4.51. The number of rotatable bonds is 4. The number of anilines is 1. The summed E-state index contributed by atoms with van der Waals surface area (Å²) in [5, 5.41) is 2.86. The monoisotopic (exact) mass is 333 g/mol. The maximum atomic E-state index is 12.1. The summed E-state index contributed by atoms with van der Waals surface area (Å²) in [6.45, 7) is 7.12. The van der Waals surface area contributed by atoms with Crippen LogP contribution in [-0.2, 0) is 11.3 Å². The summed E-state index contributed by atoms with van der Waals surface area (Å²) < 4.78 is 5.37. The van der Waals surface area contributed by atoms with Crippen molar-refractivity contribution in [1.29, 1.82) is 0 Å². The number of carbonyl (C=O) groups excluding carboxylic acids is 1. The van der Waals surface area contributed by atoms with Gasteiger partial charge in [-0.25, -0.2) is 15.0 Å². The molecule has 0 aromatic carbocycles. The molecule has 122 valence electrons. The minimum Gasteiger partial charge on any atom is -0.378 e. The van der Waals surface area contributed by atoms with Crippen LogP contribution in [0.4, 0.5) is 5.82 Å². The largest absolute Gasteiger partial charge is 0.378 e. The van der Waals surface area contributed by atoms with Crippen molar-refractivity contribution in [2.45, 2.75) is 20.4 Å². The van der Waals surface area contributed by atoms with Gasteiger partial charge in [0.1, 0.15) is 16.5 Å². The summed E-state index contributed by atoms with van der Waals surface area (Å²) in [7, 11) is 0. The summed E-state index contributed by atoms with van der Waals surface area (Å²) in [6.07, 6.45) is 0. The highest BCUT2D eigenvalue weighted by Gasteiger charge is 2.15. The van der Waals surface area contributed by atoms with Gasteiger partial charge in [0.25, 0.3) is 5.91 Å². The molecule has 1 N–H and O–H groups in total. The molecule has 0 unspecified atom stereocenters. The van der Waals surface area contributed by atoms with E-state index >= 15 is 0 Å². The van der Waals surface area contributed by atoms with E-state index in [0.29, 0.717) is 30.5 Å².